The van der Waals surface area contributed by atoms with E-state index in [9.17, 15) is 8.42 Å². The van der Waals surface area contributed by atoms with Gasteiger partial charge in [-0.2, -0.15) is 0 Å². The zero-order valence-electron chi connectivity index (χ0n) is 15.9. The maximum absolute atomic E-state index is 12.6. The van der Waals surface area contributed by atoms with Crippen LogP contribution in [0.1, 0.15) is 18.9 Å². The summed E-state index contributed by atoms with van der Waals surface area (Å²) < 4.78 is 38.3. The Morgan fingerprint density at radius 3 is 2.59 bits per heavy atom. The fraction of sp³-hybridized carbons (Fsp3) is 0.400. The molecule has 1 aliphatic rings. The van der Waals surface area contributed by atoms with Crippen LogP contribution in [-0.2, 0) is 16.4 Å². The topological polar surface area (TPSA) is 67.9 Å². The zero-order valence-corrected chi connectivity index (χ0v) is 16.8. The number of ether oxygens (including phenoxy) is 2. The Hall–Kier alpha value is -2.25. The third-order valence-corrected chi connectivity index (χ3v) is 6.43. The summed E-state index contributed by atoms with van der Waals surface area (Å²) in [6, 6.07) is 13.3. The highest BCUT2D eigenvalue weighted by atomic mass is 32.2. The van der Waals surface area contributed by atoms with Crippen molar-refractivity contribution in [2.24, 2.45) is 0 Å². The Morgan fingerprint density at radius 1 is 1.11 bits per heavy atom. The van der Waals surface area contributed by atoms with Gasteiger partial charge in [0.1, 0.15) is 0 Å². The predicted octanol–water partition coefficient (Wildman–Crippen LogP) is 2.82. The lowest BCUT2D eigenvalue weighted by atomic mass is 9.97. The number of methoxy groups -OCH3 is 2. The van der Waals surface area contributed by atoms with Gasteiger partial charge in [0.25, 0.3) is 0 Å². The first-order valence-electron chi connectivity index (χ1n) is 9.02. The van der Waals surface area contributed by atoms with E-state index in [0.717, 1.165) is 12.8 Å². The quantitative estimate of drug-likeness (QED) is 0.787. The maximum atomic E-state index is 12.6. The van der Waals surface area contributed by atoms with Gasteiger partial charge >= 0.3 is 0 Å². The van der Waals surface area contributed by atoms with E-state index in [0.29, 0.717) is 30.6 Å². The van der Waals surface area contributed by atoms with Crippen LogP contribution in [0.25, 0.3) is 0 Å². The Morgan fingerprint density at radius 2 is 1.85 bits per heavy atom. The lowest BCUT2D eigenvalue weighted by molar-refractivity contribution is 0.354. The fourth-order valence-corrected chi connectivity index (χ4v) is 4.50. The highest BCUT2D eigenvalue weighted by molar-refractivity contribution is 7.89. The molecule has 27 heavy (non-hydrogen) atoms. The fourth-order valence-electron chi connectivity index (χ4n) is 3.47. The third kappa shape index (κ3) is 4.20. The number of aryl methyl sites for hydroxylation is 1. The number of hydrogen-bond acceptors (Lipinski definition) is 5. The molecule has 0 saturated heterocycles. The average Bonchev–Trinajstić information content (AvgIpc) is 2.69. The summed E-state index contributed by atoms with van der Waals surface area (Å²) in [7, 11) is -0.627. The molecular formula is C20H26N2O4S. The van der Waals surface area contributed by atoms with E-state index in [1.807, 2.05) is 12.1 Å². The van der Waals surface area contributed by atoms with Gasteiger partial charge in [0.05, 0.1) is 19.1 Å². The van der Waals surface area contributed by atoms with Crippen LogP contribution in [0.5, 0.6) is 11.5 Å². The van der Waals surface area contributed by atoms with Crippen LogP contribution in [0, 0.1) is 0 Å². The van der Waals surface area contributed by atoms with Crippen molar-refractivity contribution in [1.29, 1.82) is 0 Å². The van der Waals surface area contributed by atoms with Crippen molar-refractivity contribution in [3.63, 3.8) is 0 Å². The van der Waals surface area contributed by atoms with Crippen LogP contribution in [0.2, 0.25) is 0 Å². The Kier molecular flexibility index (Phi) is 5.92. The first kappa shape index (κ1) is 19.5. The molecule has 1 aliphatic heterocycles. The smallest absolute Gasteiger partial charge is 0.240 e. The van der Waals surface area contributed by atoms with Gasteiger partial charge in [-0.3, -0.25) is 0 Å². The number of fused-ring (bicyclic) bond motifs is 1. The highest BCUT2D eigenvalue weighted by Gasteiger charge is 2.23. The van der Waals surface area contributed by atoms with Gasteiger partial charge in [0.2, 0.25) is 10.0 Å². The van der Waals surface area contributed by atoms with Gasteiger partial charge < -0.3 is 14.4 Å². The molecule has 1 atom stereocenters. The van der Waals surface area contributed by atoms with Crippen LogP contribution in [0.4, 0.5) is 5.69 Å². The van der Waals surface area contributed by atoms with E-state index in [2.05, 4.69) is 28.7 Å². The van der Waals surface area contributed by atoms with Crippen molar-refractivity contribution in [2.45, 2.75) is 30.7 Å². The van der Waals surface area contributed by atoms with E-state index in [1.54, 1.807) is 6.07 Å². The van der Waals surface area contributed by atoms with E-state index >= 15 is 0 Å². The molecule has 0 radical (unpaired) electrons. The Bertz CT molecular complexity index is 899. The van der Waals surface area contributed by atoms with E-state index in [1.165, 1.54) is 37.6 Å². The summed E-state index contributed by atoms with van der Waals surface area (Å²) in [4.78, 5) is 2.43. The number of benzene rings is 2. The number of anilines is 1. The van der Waals surface area contributed by atoms with Gasteiger partial charge in [-0.1, -0.05) is 18.2 Å². The molecule has 0 aromatic heterocycles. The van der Waals surface area contributed by atoms with Gasteiger partial charge in [0.15, 0.2) is 11.5 Å². The van der Waals surface area contributed by atoms with Crippen molar-refractivity contribution < 1.29 is 17.9 Å². The second-order valence-corrected chi connectivity index (χ2v) is 8.39. The predicted molar refractivity (Wildman–Crippen MR) is 106 cm³/mol. The summed E-state index contributed by atoms with van der Waals surface area (Å²) in [6.07, 6.45) is 2.13. The molecule has 0 fully saturated rings. The van der Waals surface area contributed by atoms with Crippen LogP contribution >= 0.6 is 0 Å². The zero-order chi connectivity index (χ0) is 19.4. The van der Waals surface area contributed by atoms with Crippen molar-refractivity contribution in [1.82, 2.24) is 4.72 Å². The minimum Gasteiger partial charge on any atom is -0.493 e. The summed E-state index contributed by atoms with van der Waals surface area (Å²) in [6.45, 7) is 3.12. The monoisotopic (exact) mass is 390 g/mol. The van der Waals surface area contributed by atoms with Crippen molar-refractivity contribution in [3.05, 3.63) is 48.0 Å². The first-order chi connectivity index (χ1) is 13.0. The number of sulfonamides is 1. The van der Waals surface area contributed by atoms with E-state index in [-0.39, 0.29) is 4.90 Å². The molecule has 6 nitrogen and oxygen atoms in total. The number of nitrogens with one attached hydrogen (secondary N) is 1. The summed E-state index contributed by atoms with van der Waals surface area (Å²) >= 11 is 0. The minimum absolute atomic E-state index is 0.159. The van der Waals surface area contributed by atoms with Gasteiger partial charge in [-0.15, -0.1) is 0 Å². The molecule has 1 N–H and O–H groups in total. The molecular weight excluding hydrogens is 364 g/mol. The van der Waals surface area contributed by atoms with Crippen molar-refractivity contribution >= 4 is 15.7 Å². The molecule has 0 aliphatic carbocycles. The second kappa shape index (κ2) is 8.19. The lowest BCUT2D eigenvalue weighted by Crippen LogP contribution is -2.42. The second-order valence-electron chi connectivity index (χ2n) is 6.62. The van der Waals surface area contributed by atoms with Gasteiger partial charge in [0, 0.05) is 30.9 Å². The molecule has 0 saturated carbocycles. The van der Waals surface area contributed by atoms with E-state index in [4.69, 9.17) is 9.47 Å². The molecule has 0 amide bonds. The van der Waals surface area contributed by atoms with Crippen LogP contribution < -0.4 is 19.1 Å². The molecule has 2 aromatic carbocycles. The van der Waals surface area contributed by atoms with Crippen LogP contribution in [-0.4, -0.2) is 41.8 Å². The number of para-hydroxylation sites is 1. The molecule has 0 spiro atoms. The largest absolute Gasteiger partial charge is 0.493 e. The summed E-state index contributed by atoms with van der Waals surface area (Å²) in [5, 5.41) is 0. The minimum atomic E-state index is -3.63. The molecule has 1 heterocycles. The van der Waals surface area contributed by atoms with Crippen LogP contribution in [0.15, 0.2) is 47.4 Å². The van der Waals surface area contributed by atoms with Gasteiger partial charge in [-0.25, -0.2) is 13.1 Å². The molecule has 146 valence electrons. The number of nitrogens with zero attached hydrogens (tertiary/aromatic N) is 1. The first-order valence-corrected chi connectivity index (χ1v) is 10.5. The normalized spacial score (nSPS) is 16.7. The Balaban J connectivity index is 1.70. The lowest BCUT2D eigenvalue weighted by Gasteiger charge is -2.37. The molecule has 0 bridgehead atoms. The molecule has 7 heteroatoms. The number of rotatable bonds is 7. The SMILES string of the molecule is COc1ccc(S(=O)(=O)NCCN2c3ccccc3CC[C@@H]2C)cc1OC. The summed E-state index contributed by atoms with van der Waals surface area (Å²) in [5.74, 6) is 0.883. The average molecular weight is 391 g/mol. The maximum Gasteiger partial charge on any atom is 0.240 e. The van der Waals surface area contributed by atoms with Gasteiger partial charge in [-0.05, 0) is 43.5 Å². The standard InChI is InChI=1S/C20H26N2O4S/c1-15-8-9-16-6-4-5-7-18(16)22(15)13-12-21-27(23,24)17-10-11-19(25-2)20(14-17)26-3/h4-7,10-11,14-15,21H,8-9,12-13H2,1-3H3/t15-/m0/s1. The molecule has 2 aromatic rings. The van der Waals surface area contributed by atoms with Crippen molar-refractivity contribution in [2.75, 3.05) is 32.2 Å². The van der Waals surface area contributed by atoms with Crippen LogP contribution in [0.3, 0.4) is 0 Å². The summed E-state index contributed by atoms with van der Waals surface area (Å²) in [5.41, 5.74) is 2.51. The van der Waals surface area contributed by atoms with E-state index < -0.39 is 10.0 Å². The third-order valence-electron chi connectivity index (χ3n) is 4.97. The Labute approximate surface area is 161 Å². The molecule has 0 unspecified atom stereocenters. The molecule has 3 rings (SSSR count). The highest BCUT2D eigenvalue weighted by Crippen LogP contribution is 2.31. The number of hydrogen-bond donors (Lipinski definition) is 1. The van der Waals surface area contributed by atoms with Crippen molar-refractivity contribution in [3.8, 4) is 11.5 Å².